The summed E-state index contributed by atoms with van der Waals surface area (Å²) in [6.45, 7) is 0. The number of nitrogens with zero attached hydrogens (tertiary/aromatic N) is 4. The van der Waals surface area contributed by atoms with Crippen LogP contribution in [0.3, 0.4) is 0 Å². The first-order chi connectivity index (χ1) is 16.3. The molecule has 3 fully saturated rings. The summed E-state index contributed by atoms with van der Waals surface area (Å²) in [5.41, 5.74) is 0.818. The van der Waals surface area contributed by atoms with Crippen molar-refractivity contribution in [2.75, 3.05) is 19.0 Å². The monoisotopic (exact) mass is 468 g/mol. The first-order valence-corrected chi connectivity index (χ1v) is 12.2. The summed E-state index contributed by atoms with van der Waals surface area (Å²) < 4.78 is 0. The van der Waals surface area contributed by atoms with Crippen LogP contribution in [0.1, 0.15) is 69.8 Å². The van der Waals surface area contributed by atoms with Crippen LogP contribution in [0.2, 0.25) is 0 Å². The maximum atomic E-state index is 13.6. The van der Waals surface area contributed by atoms with E-state index in [1.54, 1.807) is 25.1 Å². The summed E-state index contributed by atoms with van der Waals surface area (Å²) in [4.78, 5) is 56.1. The lowest BCUT2D eigenvalue weighted by Crippen LogP contribution is -2.62. The molecule has 1 heterocycles. The van der Waals surface area contributed by atoms with Gasteiger partial charge in [0.25, 0.3) is 17.5 Å². The lowest BCUT2D eigenvalue weighted by atomic mass is 9.90. The van der Waals surface area contributed by atoms with E-state index in [2.05, 4.69) is 0 Å². The highest BCUT2D eigenvalue weighted by Gasteiger charge is 2.47. The van der Waals surface area contributed by atoms with Gasteiger partial charge in [-0.05, 0) is 37.8 Å². The van der Waals surface area contributed by atoms with Gasteiger partial charge >= 0.3 is 6.03 Å². The largest absolute Gasteiger partial charge is 0.377 e. The molecule has 4 rings (SSSR count). The van der Waals surface area contributed by atoms with Crippen LogP contribution in [-0.4, -0.2) is 58.7 Å². The van der Waals surface area contributed by atoms with E-state index < -0.39 is 22.8 Å². The Kier molecular flexibility index (Phi) is 7.00. The van der Waals surface area contributed by atoms with Gasteiger partial charge < -0.3 is 4.90 Å². The van der Waals surface area contributed by atoms with Gasteiger partial charge in [0.15, 0.2) is 0 Å². The van der Waals surface area contributed by atoms with E-state index in [1.807, 2.05) is 0 Å². The van der Waals surface area contributed by atoms with Crippen molar-refractivity contribution in [1.82, 2.24) is 9.80 Å². The molecule has 9 heteroatoms. The quantitative estimate of drug-likeness (QED) is 0.273. The second-order valence-corrected chi connectivity index (χ2v) is 9.67. The average Bonchev–Trinajstić information content (AvgIpc) is 2.83. The Morgan fingerprint density at radius 3 is 1.82 bits per heavy atom. The number of carbonyl (C=O) groups is 3. The van der Waals surface area contributed by atoms with Crippen molar-refractivity contribution in [3.05, 3.63) is 39.4 Å². The predicted molar refractivity (Wildman–Crippen MR) is 128 cm³/mol. The molecule has 0 unspecified atom stereocenters. The zero-order valence-electron chi connectivity index (χ0n) is 19.9. The molecular formula is C25H32N4O5. The minimum atomic E-state index is -0.592. The maximum absolute atomic E-state index is 13.6. The number of rotatable bonds is 5. The van der Waals surface area contributed by atoms with E-state index in [-0.39, 0.29) is 23.3 Å². The van der Waals surface area contributed by atoms with Gasteiger partial charge in [-0.2, -0.15) is 0 Å². The van der Waals surface area contributed by atoms with Crippen molar-refractivity contribution >= 4 is 35.3 Å². The summed E-state index contributed by atoms with van der Waals surface area (Å²) >= 11 is 0. The van der Waals surface area contributed by atoms with Crippen molar-refractivity contribution < 1.29 is 19.3 Å². The Labute approximate surface area is 199 Å². The number of benzene rings is 1. The van der Waals surface area contributed by atoms with Crippen molar-refractivity contribution in [2.45, 2.75) is 76.3 Å². The number of urea groups is 1. The summed E-state index contributed by atoms with van der Waals surface area (Å²) in [6.07, 6.45) is 10.3. The fourth-order valence-corrected chi connectivity index (χ4v) is 5.42. The number of hydrogen-bond donors (Lipinski definition) is 0. The van der Waals surface area contributed by atoms with Crippen LogP contribution in [0.15, 0.2) is 23.8 Å². The molecule has 2 saturated carbocycles. The van der Waals surface area contributed by atoms with E-state index >= 15 is 0 Å². The van der Waals surface area contributed by atoms with Gasteiger partial charge in [0.1, 0.15) is 5.57 Å². The van der Waals surface area contributed by atoms with Gasteiger partial charge in [0.2, 0.25) is 0 Å². The van der Waals surface area contributed by atoms with Crippen molar-refractivity contribution in [3.8, 4) is 0 Å². The third-order valence-electron chi connectivity index (χ3n) is 7.19. The highest BCUT2D eigenvalue weighted by atomic mass is 16.6. The molecule has 3 aliphatic rings. The smallest absolute Gasteiger partial charge is 0.334 e. The number of carbonyl (C=O) groups excluding carboxylic acids is 3. The molecule has 1 aromatic carbocycles. The van der Waals surface area contributed by atoms with Crippen LogP contribution in [0.4, 0.5) is 16.2 Å². The van der Waals surface area contributed by atoms with Crippen LogP contribution in [0.25, 0.3) is 6.08 Å². The Morgan fingerprint density at radius 1 is 0.882 bits per heavy atom. The predicted octanol–water partition coefficient (Wildman–Crippen LogP) is 4.50. The molecular weight excluding hydrogens is 436 g/mol. The molecule has 0 atom stereocenters. The highest BCUT2D eigenvalue weighted by molar-refractivity contribution is 6.31. The number of anilines is 1. The van der Waals surface area contributed by atoms with Crippen LogP contribution in [0, 0.1) is 10.1 Å². The number of nitro benzene ring substituents is 1. The molecule has 1 aromatic rings. The molecule has 2 aliphatic carbocycles. The molecule has 182 valence electrons. The molecule has 34 heavy (non-hydrogen) atoms. The van der Waals surface area contributed by atoms with Gasteiger partial charge in [-0.1, -0.05) is 38.5 Å². The zero-order chi connectivity index (χ0) is 24.4. The van der Waals surface area contributed by atoms with Crippen LogP contribution in [0.5, 0.6) is 0 Å². The number of amides is 4. The first kappa shape index (κ1) is 23.9. The van der Waals surface area contributed by atoms with Gasteiger partial charge in [0.05, 0.1) is 4.92 Å². The number of non-ortho nitro benzene ring substituents is 1. The number of nitro groups is 1. The van der Waals surface area contributed by atoms with Gasteiger partial charge in [-0.25, -0.2) is 4.79 Å². The normalized spacial score (nSPS) is 20.6. The molecule has 0 bridgehead atoms. The lowest BCUT2D eigenvalue weighted by molar-refractivity contribution is -0.384. The van der Waals surface area contributed by atoms with Crippen LogP contribution < -0.4 is 4.90 Å². The third kappa shape index (κ3) is 4.56. The van der Waals surface area contributed by atoms with Crippen molar-refractivity contribution in [1.29, 1.82) is 0 Å². The number of hydrogen-bond acceptors (Lipinski definition) is 6. The summed E-state index contributed by atoms with van der Waals surface area (Å²) in [6, 6.07) is 3.41. The molecule has 1 aliphatic heterocycles. The second kappa shape index (κ2) is 9.95. The zero-order valence-corrected chi connectivity index (χ0v) is 19.9. The summed E-state index contributed by atoms with van der Waals surface area (Å²) in [7, 11) is 3.58. The lowest BCUT2D eigenvalue weighted by Gasteiger charge is -2.43. The number of imide groups is 2. The average molecular weight is 469 g/mol. The van der Waals surface area contributed by atoms with E-state index in [0.29, 0.717) is 11.3 Å². The van der Waals surface area contributed by atoms with E-state index in [1.165, 1.54) is 28.0 Å². The minimum Gasteiger partial charge on any atom is -0.377 e. The molecule has 0 spiro atoms. The Balaban J connectivity index is 1.81. The Morgan fingerprint density at radius 2 is 1.38 bits per heavy atom. The molecule has 0 radical (unpaired) electrons. The van der Waals surface area contributed by atoms with Gasteiger partial charge in [0, 0.05) is 49.6 Å². The van der Waals surface area contributed by atoms with Crippen molar-refractivity contribution in [2.24, 2.45) is 0 Å². The van der Waals surface area contributed by atoms with E-state index in [4.69, 9.17) is 0 Å². The molecule has 4 amide bonds. The summed E-state index contributed by atoms with van der Waals surface area (Å²) in [5.74, 6) is -1.18. The fraction of sp³-hybridized carbons (Fsp3) is 0.560. The molecule has 9 nitrogen and oxygen atoms in total. The second-order valence-electron chi connectivity index (χ2n) is 9.67. The van der Waals surface area contributed by atoms with E-state index in [9.17, 15) is 24.5 Å². The third-order valence-corrected chi connectivity index (χ3v) is 7.19. The number of barbiturate groups is 1. The van der Waals surface area contributed by atoms with E-state index in [0.717, 1.165) is 64.2 Å². The van der Waals surface area contributed by atoms with Crippen molar-refractivity contribution in [3.63, 3.8) is 0 Å². The highest BCUT2D eigenvalue weighted by Crippen LogP contribution is 2.34. The topological polar surface area (TPSA) is 104 Å². The minimum absolute atomic E-state index is 0.0978. The van der Waals surface area contributed by atoms with Gasteiger partial charge in [-0.3, -0.25) is 29.5 Å². The van der Waals surface area contributed by atoms with Crippen LogP contribution >= 0.6 is 0 Å². The molecule has 1 saturated heterocycles. The maximum Gasteiger partial charge on any atom is 0.334 e. The molecule has 0 aromatic heterocycles. The Bertz CT molecular complexity index is 980. The molecule has 0 N–H and O–H groups in total. The summed E-state index contributed by atoms with van der Waals surface area (Å²) in [5, 5.41) is 11.4. The van der Waals surface area contributed by atoms with Gasteiger partial charge in [-0.15, -0.1) is 0 Å². The standard InChI is InChI=1S/C25H32N4O5/c1-26(2)22-14-13-20(29(33)34)15-17(22)16-21-23(30)27(18-9-5-3-6-10-18)25(32)28(24(21)31)19-11-7-4-8-12-19/h13-16,18-19H,3-12H2,1-2H3. The fourth-order valence-electron chi connectivity index (χ4n) is 5.42. The SMILES string of the molecule is CN(C)c1ccc([N+](=O)[O-])cc1C=C1C(=O)N(C2CCCCC2)C(=O)N(C2CCCCC2)C1=O. The Hall–Kier alpha value is -3.23. The van der Waals surface area contributed by atoms with Crippen LogP contribution in [-0.2, 0) is 9.59 Å². The first-order valence-electron chi connectivity index (χ1n) is 12.2.